The molecule has 2 aromatic carbocycles. The number of hydrogen-bond donors (Lipinski definition) is 1. The van der Waals surface area contributed by atoms with Gasteiger partial charge in [0.2, 0.25) is 0 Å². The zero-order valence-corrected chi connectivity index (χ0v) is 13.4. The van der Waals surface area contributed by atoms with E-state index in [-0.39, 0.29) is 5.41 Å². The molecule has 0 radical (unpaired) electrons. The Labute approximate surface area is 131 Å². The third-order valence-corrected chi connectivity index (χ3v) is 4.31. The predicted octanol–water partition coefficient (Wildman–Crippen LogP) is 4.48. The maximum absolute atomic E-state index is 11.5. The fourth-order valence-electron chi connectivity index (χ4n) is 2.63. The summed E-state index contributed by atoms with van der Waals surface area (Å²) in [7, 11) is 0. The van der Waals surface area contributed by atoms with Crippen molar-refractivity contribution in [1.82, 2.24) is 0 Å². The minimum atomic E-state index is -0.928. The highest BCUT2D eigenvalue weighted by Crippen LogP contribution is 2.41. The Kier molecular flexibility index (Phi) is 3.29. The number of halogens is 1. The van der Waals surface area contributed by atoms with E-state index in [1.165, 1.54) is 0 Å². The lowest BCUT2D eigenvalue weighted by atomic mass is 9.85. The van der Waals surface area contributed by atoms with Crippen LogP contribution in [0.5, 0.6) is 5.75 Å². The summed E-state index contributed by atoms with van der Waals surface area (Å²) in [5.41, 5.74) is 2.98. The zero-order chi connectivity index (χ0) is 15.2. The summed E-state index contributed by atoms with van der Waals surface area (Å²) in [6, 6.07) is 11.2. The lowest BCUT2D eigenvalue weighted by molar-refractivity contribution is 0.0697. The van der Waals surface area contributed by atoms with E-state index in [4.69, 9.17) is 4.74 Å². The van der Waals surface area contributed by atoms with Crippen molar-refractivity contribution < 1.29 is 14.6 Å². The van der Waals surface area contributed by atoms with Crippen LogP contribution in [-0.4, -0.2) is 17.7 Å². The first kappa shape index (κ1) is 14.1. The fraction of sp³-hybridized carbons (Fsp3) is 0.235. The van der Waals surface area contributed by atoms with Gasteiger partial charge in [-0.25, -0.2) is 4.79 Å². The number of carboxylic acid groups (broad SMARTS) is 1. The van der Waals surface area contributed by atoms with E-state index in [0.29, 0.717) is 12.2 Å². The van der Waals surface area contributed by atoms with Gasteiger partial charge < -0.3 is 9.84 Å². The molecular formula is C17H15BrO3. The molecular weight excluding hydrogens is 332 g/mol. The highest BCUT2D eigenvalue weighted by Gasteiger charge is 2.32. The summed E-state index contributed by atoms with van der Waals surface area (Å²) in [6.45, 7) is 4.91. The molecule has 1 heterocycles. The van der Waals surface area contributed by atoms with Gasteiger partial charge in [0, 0.05) is 15.5 Å². The van der Waals surface area contributed by atoms with Gasteiger partial charge in [-0.15, -0.1) is 0 Å². The minimum absolute atomic E-state index is 0.0515. The monoisotopic (exact) mass is 346 g/mol. The van der Waals surface area contributed by atoms with Crippen molar-refractivity contribution in [2.75, 3.05) is 6.61 Å². The number of carbonyl (C=O) groups is 1. The van der Waals surface area contributed by atoms with Crippen LogP contribution in [0, 0.1) is 0 Å². The van der Waals surface area contributed by atoms with Crippen molar-refractivity contribution in [2.45, 2.75) is 19.3 Å². The Morgan fingerprint density at radius 3 is 2.71 bits per heavy atom. The largest absolute Gasteiger partial charge is 0.492 e. The summed E-state index contributed by atoms with van der Waals surface area (Å²) < 4.78 is 6.44. The maximum Gasteiger partial charge on any atom is 0.336 e. The van der Waals surface area contributed by atoms with Crippen molar-refractivity contribution in [3.05, 3.63) is 52.0 Å². The highest BCUT2D eigenvalue weighted by molar-refractivity contribution is 9.10. The van der Waals surface area contributed by atoms with Crippen LogP contribution in [0.2, 0.25) is 0 Å². The molecule has 3 rings (SSSR count). The van der Waals surface area contributed by atoms with Gasteiger partial charge >= 0.3 is 5.97 Å². The van der Waals surface area contributed by atoms with E-state index in [2.05, 4.69) is 29.8 Å². The van der Waals surface area contributed by atoms with Crippen LogP contribution in [0.4, 0.5) is 0 Å². The zero-order valence-electron chi connectivity index (χ0n) is 11.8. The standard InChI is InChI=1S/C17H15BrO3/c1-17(2)9-21-15-6-3-10(7-14(15)17)12-5-4-11(18)8-13(12)16(19)20/h3-8H,9H2,1-2H3,(H,19,20). The molecule has 1 aliphatic rings. The molecule has 3 nitrogen and oxygen atoms in total. The van der Waals surface area contributed by atoms with Gasteiger partial charge in [0.05, 0.1) is 12.2 Å². The average Bonchev–Trinajstić information content (AvgIpc) is 2.74. The van der Waals surface area contributed by atoms with Crippen LogP contribution in [0.3, 0.4) is 0 Å². The Bertz CT molecular complexity index is 735. The van der Waals surface area contributed by atoms with E-state index in [0.717, 1.165) is 26.9 Å². The third-order valence-electron chi connectivity index (χ3n) is 3.82. The van der Waals surface area contributed by atoms with Crippen molar-refractivity contribution in [2.24, 2.45) is 0 Å². The Balaban J connectivity index is 2.17. The second-order valence-corrected chi connectivity index (χ2v) is 6.79. The van der Waals surface area contributed by atoms with E-state index < -0.39 is 5.97 Å². The molecule has 0 amide bonds. The molecule has 108 valence electrons. The molecule has 0 fully saturated rings. The van der Waals surface area contributed by atoms with Gasteiger partial charge in [-0.3, -0.25) is 0 Å². The number of fused-ring (bicyclic) bond motifs is 1. The van der Waals surface area contributed by atoms with E-state index in [9.17, 15) is 9.90 Å². The normalized spacial score (nSPS) is 15.4. The van der Waals surface area contributed by atoms with Crippen LogP contribution >= 0.6 is 15.9 Å². The summed E-state index contributed by atoms with van der Waals surface area (Å²) in [5, 5.41) is 9.40. The molecule has 0 unspecified atom stereocenters. The molecule has 0 aromatic heterocycles. The van der Waals surface area contributed by atoms with Gasteiger partial charge in [0.25, 0.3) is 0 Å². The topological polar surface area (TPSA) is 46.5 Å². The summed E-state index contributed by atoms with van der Waals surface area (Å²) in [5.74, 6) is -0.0416. The van der Waals surface area contributed by atoms with Crippen molar-refractivity contribution >= 4 is 21.9 Å². The van der Waals surface area contributed by atoms with Crippen molar-refractivity contribution in [3.63, 3.8) is 0 Å². The van der Waals surface area contributed by atoms with Crippen LogP contribution < -0.4 is 4.74 Å². The molecule has 0 saturated heterocycles. The average molecular weight is 347 g/mol. The first-order valence-corrected chi connectivity index (χ1v) is 7.48. The quantitative estimate of drug-likeness (QED) is 0.871. The Hall–Kier alpha value is -1.81. The number of hydrogen-bond acceptors (Lipinski definition) is 2. The smallest absolute Gasteiger partial charge is 0.336 e. The Morgan fingerprint density at radius 2 is 2.00 bits per heavy atom. The predicted molar refractivity (Wildman–Crippen MR) is 85.1 cm³/mol. The van der Waals surface area contributed by atoms with Crippen LogP contribution in [0.15, 0.2) is 40.9 Å². The number of benzene rings is 2. The number of ether oxygens (including phenoxy) is 1. The molecule has 0 spiro atoms. The van der Waals surface area contributed by atoms with Crippen LogP contribution in [0.25, 0.3) is 11.1 Å². The molecule has 0 aliphatic carbocycles. The first-order valence-electron chi connectivity index (χ1n) is 6.69. The molecule has 21 heavy (non-hydrogen) atoms. The summed E-state index contributed by atoms with van der Waals surface area (Å²) in [4.78, 5) is 11.5. The van der Waals surface area contributed by atoms with E-state index >= 15 is 0 Å². The lowest BCUT2D eigenvalue weighted by Crippen LogP contribution is -2.18. The van der Waals surface area contributed by atoms with E-state index in [1.807, 2.05) is 30.3 Å². The number of aromatic carboxylic acids is 1. The van der Waals surface area contributed by atoms with Gasteiger partial charge in [0.15, 0.2) is 0 Å². The highest BCUT2D eigenvalue weighted by atomic mass is 79.9. The summed E-state index contributed by atoms with van der Waals surface area (Å²) >= 11 is 3.32. The third kappa shape index (κ3) is 2.44. The molecule has 4 heteroatoms. The molecule has 2 aromatic rings. The number of carboxylic acids is 1. The van der Waals surface area contributed by atoms with Crippen molar-refractivity contribution in [3.8, 4) is 16.9 Å². The molecule has 0 atom stereocenters. The van der Waals surface area contributed by atoms with Crippen LogP contribution in [0.1, 0.15) is 29.8 Å². The second-order valence-electron chi connectivity index (χ2n) is 5.88. The SMILES string of the molecule is CC1(C)COc2ccc(-c3ccc(Br)cc3C(=O)O)cc21. The number of rotatable bonds is 2. The summed E-state index contributed by atoms with van der Waals surface area (Å²) in [6.07, 6.45) is 0. The van der Waals surface area contributed by atoms with Gasteiger partial charge in [-0.2, -0.15) is 0 Å². The lowest BCUT2D eigenvalue weighted by Gasteiger charge is -2.16. The molecule has 1 N–H and O–H groups in total. The van der Waals surface area contributed by atoms with E-state index in [1.54, 1.807) is 6.07 Å². The maximum atomic E-state index is 11.5. The fourth-order valence-corrected chi connectivity index (χ4v) is 2.99. The Morgan fingerprint density at radius 1 is 1.24 bits per heavy atom. The molecule has 1 aliphatic heterocycles. The van der Waals surface area contributed by atoms with Crippen molar-refractivity contribution in [1.29, 1.82) is 0 Å². The molecule has 0 bridgehead atoms. The van der Waals surface area contributed by atoms with Gasteiger partial charge in [-0.05, 0) is 35.4 Å². The first-order chi connectivity index (χ1) is 9.88. The van der Waals surface area contributed by atoms with Crippen LogP contribution in [-0.2, 0) is 5.41 Å². The van der Waals surface area contributed by atoms with Gasteiger partial charge in [-0.1, -0.05) is 41.9 Å². The van der Waals surface area contributed by atoms with Gasteiger partial charge in [0.1, 0.15) is 5.75 Å². The molecule has 0 saturated carbocycles. The second kappa shape index (κ2) is 4.88. The minimum Gasteiger partial charge on any atom is -0.492 e.